The Morgan fingerprint density at radius 2 is 2.17 bits per heavy atom. The van der Waals surface area contributed by atoms with E-state index in [-0.39, 0.29) is 30.4 Å². The molecule has 0 aromatic carbocycles. The van der Waals surface area contributed by atoms with Gasteiger partial charge in [0.05, 0.1) is 12.6 Å². The molecule has 1 aliphatic heterocycles. The van der Waals surface area contributed by atoms with Crippen LogP contribution in [0.3, 0.4) is 0 Å². The second kappa shape index (κ2) is 7.36. The van der Waals surface area contributed by atoms with Gasteiger partial charge in [0.25, 0.3) is 0 Å². The lowest BCUT2D eigenvalue weighted by Crippen LogP contribution is -2.47. The average Bonchev–Trinajstić information content (AvgIpc) is 2.51. The van der Waals surface area contributed by atoms with E-state index >= 15 is 0 Å². The van der Waals surface area contributed by atoms with Gasteiger partial charge in [-0.25, -0.2) is 0 Å². The molecule has 104 valence electrons. The summed E-state index contributed by atoms with van der Waals surface area (Å²) in [6, 6.07) is 0.0311. The molecule has 0 aromatic heterocycles. The molecular weight excluding hydrogens is 230 g/mol. The van der Waals surface area contributed by atoms with Crippen molar-refractivity contribution in [1.82, 2.24) is 15.5 Å². The molecule has 1 rings (SSSR count). The van der Waals surface area contributed by atoms with E-state index in [9.17, 15) is 9.59 Å². The largest absolute Gasteiger partial charge is 0.352 e. The minimum absolute atomic E-state index is 0.0206. The summed E-state index contributed by atoms with van der Waals surface area (Å²) in [6.45, 7) is 7.62. The summed E-state index contributed by atoms with van der Waals surface area (Å²) in [6.07, 6.45) is 2.75. The number of carbonyl (C=O) groups is 2. The summed E-state index contributed by atoms with van der Waals surface area (Å²) < 4.78 is 0. The first kappa shape index (κ1) is 15.0. The molecule has 0 saturated carbocycles. The van der Waals surface area contributed by atoms with Gasteiger partial charge in [0, 0.05) is 12.6 Å². The predicted octanol–water partition coefficient (Wildman–Crippen LogP) is 0.502. The molecule has 1 unspecified atom stereocenters. The van der Waals surface area contributed by atoms with Crippen LogP contribution < -0.4 is 10.6 Å². The highest BCUT2D eigenvalue weighted by Gasteiger charge is 2.24. The van der Waals surface area contributed by atoms with Crippen molar-refractivity contribution < 1.29 is 9.59 Å². The molecule has 18 heavy (non-hydrogen) atoms. The van der Waals surface area contributed by atoms with Crippen LogP contribution in [-0.2, 0) is 9.59 Å². The van der Waals surface area contributed by atoms with Gasteiger partial charge in [-0.05, 0) is 32.7 Å². The van der Waals surface area contributed by atoms with Gasteiger partial charge in [-0.15, -0.1) is 0 Å². The van der Waals surface area contributed by atoms with Crippen molar-refractivity contribution in [3.63, 3.8) is 0 Å². The van der Waals surface area contributed by atoms with Crippen LogP contribution in [0, 0.1) is 0 Å². The third kappa shape index (κ3) is 4.29. The Bertz CT molecular complexity index is 290. The number of rotatable bonds is 5. The van der Waals surface area contributed by atoms with Crippen LogP contribution in [0.15, 0.2) is 0 Å². The van der Waals surface area contributed by atoms with Crippen molar-refractivity contribution in [2.24, 2.45) is 0 Å². The van der Waals surface area contributed by atoms with Crippen LogP contribution in [0.25, 0.3) is 0 Å². The van der Waals surface area contributed by atoms with E-state index in [1.807, 2.05) is 6.92 Å². The minimum Gasteiger partial charge on any atom is -0.352 e. The molecular formula is C13H25N3O2. The highest BCUT2D eigenvalue weighted by atomic mass is 16.2. The Kier molecular flexibility index (Phi) is 6.12. The first-order valence-corrected chi connectivity index (χ1v) is 6.90. The average molecular weight is 255 g/mol. The molecule has 0 aliphatic carbocycles. The van der Waals surface area contributed by atoms with Crippen LogP contribution in [0.2, 0.25) is 0 Å². The molecule has 1 aliphatic rings. The SMILES string of the molecule is CCC(CC)NC(=O)CN1CCCNC(C)C1=O. The monoisotopic (exact) mass is 255 g/mol. The zero-order chi connectivity index (χ0) is 13.5. The summed E-state index contributed by atoms with van der Waals surface area (Å²) in [4.78, 5) is 25.5. The molecule has 2 N–H and O–H groups in total. The Morgan fingerprint density at radius 3 is 2.78 bits per heavy atom. The molecule has 1 saturated heterocycles. The molecule has 0 bridgehead atoms. The fourth-order valence-electron chi connectivity index (χ4n) is 2.16. The van der Waals surface area contributed by atoms with E-state index < -0.39 is 0 Å². The lowest BCUT2D eigenvalue weighted by atomic mass is 10.2. The van der Waals surface area contributed by atoms with Gasteiger partial charge in [-0.1, -0.05) is 13.8 Å². The van der Waals surface area contributed by atoms with Crippen molar-refractivity contribution in [2.75, 3.05) is 19.6 Å². The first-order chi connectivity index (χ1) is 8.58. The Morgan fingerprint density at radius 1 is 1.50 bits per heavy atom. The van der Waals surface area contributed by atoms with Gasteiger partial charge < -0.3 is 15.5 Å². The second-order valence-corrected chi connectivity index (χ2v) is 4.87. The van der Waals surface area contributed by atoms with Crippen LogP contribution in [0.4, 0.5) is 0 Å². The molecule has 5 heteroatoms. The molecule has 5 nitrogen and oxygen atoms in total. The summed E-state index contributed by atoms with van der Waals surface area (Å²) in [5, 5.41) is 6.10. The fourth-order valence-corrected chi connectivity index (χ4v) is 2.16. The quantitative estimate of drug-likeness (QED) is 0.752. The van der Waals surface area contributed by atoms with Gasteiger partial charge in [0.1, 0.15) is 0 Å². The molecule has 1 heterocycles. The van der Waals surface area contributed by atoms with Crippen LogP contribution >= 0.6 is 0 Å². The Hall–Kier alpha value is -1.10. The van der Waals surface area contributed by atoms with Gasteiger partial charge in [-0.3, -0.25) is 9.59 Å². The first-order valence-electron chi connectivity index (χ1n) is 6.90. The smallest absolute Gasteiger partial charge is 0.239 e. The second-order valence-electron chi connectivity index (χ2n) is 4.87. The Balaban J connectivity index is 2.49. The highest BCUT2D eigenvalue weighted by molar-refractivity contribution is 5.87. The molecule has 1 fully saturated rings. The van der Waals surface area contributed by atoms with E-state index in [4.69, 9.17) is 0 Å². The number of hydrogen-bond donors (Lipinski definition) is 2. The van der Waals surface area contributed by atoms with Crippen molar-refractivity contribution in [2.45, 2.75) is 52.1 Å². The van der Waals surface area contributed by atoms with Crippen LogP contribution in [0.5, 0.6) is 0 Å². The van der Waals surface area contributed by atoms with Gasteiger partial charge in [0.2, 0.25) is 11.8 Å². The zero-order valence-electron chi connectivity index (χ0n) is 11.7. The lowest BCUT2D eigenvalue weighted by molar-refractivity contribution is -0.137. The lowest BCUT2D eigenvalue weighted by Gasteiger charge is -2.23. The van der Waals surface area contributed by atoms with Gasteiger partial charge >= 0.3 is 0 Å². The third-order valence-corrected chi connectivity index (χ3v) is 3.42. The molecule has 0 radical (unpaired) electrons. The van der Waals surface area contributed by atoms with E-state index in [0.717, 1.165) is 25.8 Å². The maximum absolute atomic E-state index is 12.0. The zero-order valence-corrected chi connectivity index (χ0v) is 11.7. The van der Waals surface area contributed by atoms with Crippen molar-refractivity contribution in [3.8, 4) is 0 Å². The third-order valence-electron chi connectivity index (χ3n) is 3.42. The summed E-state index contributed by atoms with van der Waals surface area (Å²) in [5.74, 6) is -0.0293. The summed E-state index contributed by atoms with van der Waals surface area (Å²) in [7, 11) is 0. The minimum atomic E-state index is -0.187. The number of carbonyl (C=O) groups excluding carboxylic acids is 2. The number of hydrogen-bond acceptors (Lipinski definition) is 3. The van der Waals surface area contributed by atoms with Crippen molar-refractivity contribution in [3.05, 3.63) is 0 Å². The summed E-state index contributed by atoms with van der Waals surface area (Å²) >= 11 is 0. The predicted molar refractivity (Wildman–Crippen MR) is 71.2 cm³/mol. The number of nitrogens with one attached hydrogen (secondary N) is 2. The van der Waals surface area contributed by atoms with Crippen LogP contribution in [0.1, 0.15) is 40.0 Å². The molecule has 0 spiro atoms. The van der Waals surface area contributed by atoms with Gasteiger partial charge in [-0.2, -0.15) is 0 Å². The topological polar surface area (TPSA) is 61.4 Å². The van der Waals surface area contributed by atoms with E-state index in [0.29, 0.717) is 6.54 Å². The standard InChI is InChI=1S/C13H25N3O2/c1-4-11(5-2)15-12(17)9-16-8-6-7-14-10(3)13(16)18/h10-11,14H,4-9H2,1-3H3,(H,15,17). The highest BCUT2D eigenvalue weighted by Crippen LogP contribution is 2.03. The maximum Gasteiger partial charge on any atom is 0.239 e. The number of amides is 2. The molecule has 0 aromatic rings. The number of nitrogens with zero attached hydrogens (tertiary/aromatic N) is 1. The Labute approximate surface area is 109 Å². The van der Waals surface area contributed by atoms with Gasteiger partial charge in [0.15, 0.2) is 0 Å². The van der Waals surface area contributed by atoms with Crippen molar-refractivity contribution >= 4 is 11.8 Å². The van der Waals surface area contributed by atoms with Crippen molar-refractivity contribution in [1.29, 1.82) is 0 Å². The van der Waals surface area contributed by atoms with Crippen LogP contribution in [-0.4, -0.2) is 48.4 Å². The van der Waals surface area contributed by atoms with E-state index in [1.165, 1.54) is 0 Å². The summed E-state index contributed by atoms with van der Waals surface area (Å²) in [5.41, 5.74) is 0. The van der Waals surface area contributed by atoms with E-state index in [1.54, 1.807) is 4.90 Å². The maximum atomic E-state index is 12.0. The molecule has 2 amide bonds. The van der Waals surface area contributed by atoms with E-state index in [2.05, 4.69) is 24.5 Å². The molecule has 1 atom stereocenters. The normalized spacial score (nSPS) is 21.0. The fraction of sp³-hybridized carbons (Fsp3) is 0.846.